The van der Waals surface area contributed by atoms with Crippen LogP contribution in [0.2, 0.25) is 0 Å². The van der Waals surface area contributed by atoms with Crippen molar-refractivity contribution >= 4 is 39.7 Å². The van der Waals surface area contributed by atoms with E-state index in [-0.39, 0.29) is 29.4 Å². The molecule has 0 aliphatic heterocycles. The number of aromatic nitrogens is 2. The number of ether oxygens (including phenoxy) is 1. The van der Waals surface area contributed by atoms with Crippen LogP contribution >= 0.6 is 23.1 Å². The topological polar surface area (TPSA) is 141 Å². The fourth-order valence-corrected chi connectivity index (χ4v) is 5.15. The maximum atomic E-state index is 13.4. The van der Waals surface area contributed by atoms with Gasteiger partial charge in [-0.25, -0.2) is 14.4 Å². The summed E-state index contributed by atoms with van der Waals surface area (Å²) in [4.78, 5) is 8.86. The van der Waals surface area contributed by atoms with E-state index in [1.165, 1.54) is 35.2 Å². The third-order valence-electron chi connectivity index (χ3n) is 5.11. The summed E-state index contributed by atoms with van der Waals surface area (Å²) in [7, 11) is 0. The minimum absolute atomic E-state index is 0.0361. The second-order valence-corrected chi connectivity index (χ2v) is 9.49. The second kappa shape index (κ2) is 12.2. The van der Waals surface area contributed by atoms with Gasteiger partial charge in [-0.2, -0.15) is 10.5 Å². The Morgan fingerprint density at radius 3 is 2.59 bits per heavy atom. The van der Waals surface area contributed by atoms with Gasteiger partial charge < -0.3 is 20.9 Å². The first-order valence-corrected chi connectivity index (χ1v) is 13.0. The van der Waals surface area contributed by atoms with Gasteiger partial charge in [0.15, 0.2) is 5.13 Å². The fourth-order valence-electron chi connectivity index (χ4n) is 3.43. The summed E-state index contributed by atoms with van der Waals surface area (Å²) >= 11 is 2.67. The molecule has 0 unspecified atom stereocenters. The predicted molar refractivity (Wildman–Crippen MR) is 142 cm³/mol. The number of aliphatic hydroxyl groups is 1. The average molecular weight is 533 g/mol. The highest BCUT2D eigenvalue weighted by atomic mass is 32.2. The Kier molecular flexibility index (Phi) is 8.54. The van der Waals surface area contributed by atoms with Crippen molar-refractivity contribution in [1.82, 2.24) is 9.97 Å². The zero-order valence-electron chi connectivity index (χ0n) is 19.4. The SMILES string of the molecule is N#Cc1c(N)nc(SCc2csc(Nc3cccc(F)c3)n2)c(C#N)c1-c1ccc(OCCCO)cc1. The van der Waals surface area contributed by atoms with Gasteiger partial charge in [-0.3, -0.25) is 0 Å². The Hall–Kier alpha value is -4.16. The lowest BCUT2D eigenvalue weighted by molar-refractivity contribution is 0.233. The number of nitrogens with zero attached hydrogens (tertiary/aromatic N) is 4. The zero-order valence-corrected chi connectivity index (χ0v) is 21.1. The molecule has 0 atom stereocenters. The first-order valence-electron chi connectivity index (χ1n) is 11.1. The highest BCUT2D eigenvalue weighted by molar-refractivity contribution is 7.98. The maximum absolute atomic E-state index is 13.4. The largest absolute Gasteiger partial charge is 0.494 e. The van der Waals surface area contributed by atoms with Crippen LogP contribution in [0.25, 0.3) is 11.1 Å². The quantitative estimate of drug-likeness (QED) is 0.179. The number of nitriles is 2. The van der Waals surface area contributed by atoms with Gasteiger partial charge in [0, 0.05) is 35.4 Å². The third kappa shape index (κ3) is 6.35. The molecule has 0 saturated heterocycles. The van der Waals surface area contributed by atoms with Crippen molar-refractivity contribution in [1.29, 1.82) is 10.5 Å². The van der Waals surface area contributed by atoms with Crippen molar-refractivity contribution < 1.29 is 14.2 Å². The number of hydrogen-bond donors (Lipinski definition) is 3. The van der Waals surface area contributed by atoms with Crippen LogP contribution in [0.1, 0.15) is 23.2 Å². The first-order chi connectivity index (χ1) is 18.0. The Bertz CT molecular complexity index is 1480. The van der Waals surface area contributed by atoms with Gasteiger partial charge in [-0.15, -0.1) is 11.3 Å². The number of nitrogens with one attached hydrogen (secondary N) is 1. The number of halogens is 1. The van der Waals surface area contributed by atoms with Gasteiger partial charge in [-0.1, -0.05) is 30.0 Å². The smallest absolute Gasteiger partial charge is 0.187 e. The number of nitrogen functional groups attached to an aromatic ring is 1. The van der Waals surface area contributed by atoms with Crippen molar-refractivity contribution in [3.63, 3.8) is 0 Å². The molecule has 11 heteroatoms. The molecule has 8 nitrogen and oxygen atoms in total. The Labute approximate surface area is 221 Å². The molecule has 4 rings (SSSR count). The summed E-state index contributed by atoms with van der Waals surface area (Å²) in [5.41, 5.74) is 8.88. The van der Waals surface area contributed by atoms with Gasteiger partial charge >= 0.3 is 0 Å². The van der Waals surface area contributed by atoms with Crippen LogP contribution in [0.4, 0.5) is 21.0 Å². The average Bonchev–Trinajstić information content (AvgIpc) is 3.34. The van der Waals surface area contributed by atoms with Gasteiger partial charge in [0.05, 0.1) is 17.9 Å². The molecule has 2 aromatic carbocycles. The minimum Gasteiger partial charge on any atom is -0.494 e. The molecule has 0 radical (unpaired) electrons. The second-order valence-electron chi connectivity index (χ2n) is 7.67. The number of rotatable bonds is 10. The molecule has 37 heavy (non-hydrogen) atoms. The van der Waals surface area contributed by atoms with Crippen molar-refractivity contribution in [3.05, 3.63) is 76.5 Å². The highest BCUT2D eigenvalue weighted by Crippen LogP contribution is 2.37. The number of pyridine rings is 1. The van der Waals surface area contributed by atoms with E-state index in [4.69, 9.17) is 15.6 Å². The standard InChI is InChI=1S/C26H21FN6O2S2/c27-17-3-1-4-18(11-17)31-26-32-19(15-37-26)14-36-25-22(13-29)23(21(12-28)24(30)33-25)16-5-7-20(8-6-16)35-10-2-9-34/h1,3-8,11,15,34H,2,9-10,14H2,(H2,30,33)(H,31,32). The van der Waals surface area contributed by atoms with E-state index in [1.807, 2.05) is 5.38 Å². The molecule has 4 aromatic rings. The molecule has 0 aliphatic carbocycles. The zero-order chi connectivity index (χ0) is 26.2. The van der Waals surface area contributed by atoms with Crippen LogP contribution in [0, 0.1) is 28.5 Å². The summed E-state index contributed by atoms with van der Waals surface area (Å²) < 4.78 is 19.0. The van der Waals surface area contributed by atoms with Crippen molar-refractivity contribution in [2.45, 2.75) is 17.2 Å². The number of hydrogen-bond acceptors (Lipinski definition) is 10. The molecular formula is C26H21FN6O2S2. The van der Waals surface area contributed by atoms with Gasteiger partial charge in [0.1, 0.15) is 40.1 Å². The minimum atomic E-state index is -0.342. The molecule has 2 heterocycles. The van der Waals surface area contributed by atoms with Crippen molar-refractivity contribution in [2.24, 2.45) is 0 Å². The molecule has 0 spiro atoms. The number of aliphatic hydroxyl groups excluding tert-OH is 1. The summed E-state index contributed by atoms with van der Waals surface area (Å²) in [6, 6.07) is 17.4. The van der Waals surface area contributed by atoms with E-state index in [2.05, 4.69) is 27.4 Å². The van der Waals surface area contributed by atoms with E-state index >= 15 is 0 Å². The third-order valence-corrected chi connectivity index (χ3v) is 6.93. The van der Waals surface area contributed by atoms with Crippen LogP contribution in [0.5, 0.6) is 5.75 Å². The molecule has 0 bridgehead atoms. The lowest BCUT2D eigenvalue weighted by Crippen LogP contribution is -2.04. The molecule has 186 valence electrons. The number of benzene rings is 2. The van der Waals surface area contributed by atoms with Crippen LogP contribution < -0.4 is 15.8 Å². The highest BCUT2D eigenvalue weighted by Gasteiger charge is 2.21. The summed E-state index contributed by atoms with van der Waals surface area (Å²) in [6.45, 7) is 0.416. The van der Waals surface area contributed by atoms with Crippen molar-refractivity contribution in [3.8, 4) is 29.0 Å². The summed E-state index contributed by atoms with van der Waals surface area (Å²) in [5.74, 6) is 0.711. The van der Waals surface area contributed by atoms with E-state index in [0.717, 1.165) is 5.69 Å². The summed E-state index contributed by atoms with van der Waals surface area (Å²) in [6.07, 6.45) is 0.516. The van der Waals surface area contributed by atoms with Crippen LogP contribution in [-0.4, -0.2) is 28.3 Å². The Morgan fingerprint density at radius 2 is 1.89 bits per heavy atom. The molecule has 0 amide bonds. The number of anilines is 3. The fraction of sp³-hybridized carbons (Fsp3) is 0.154. The molecular weight excluding hydrogens is 511 g/mol. The molecule has 0 fully saturated rings. The van der Waals surface area contributed by atoms with E-state index in [0.29, 0.717) is 51.5 Å². The molecule has 4 N–H and O–H groups in total. The Morgan fingerprint density at radius 1 is 1.11 bits per heavy atom. The van der Waals surface area contributed by atoms with Crippen LogP contribution in [0.3, 0.4) is 0 Å². The number of thiazole rings is 1. The van der Waals surface area contributed by atoms with Gasteiger partial charge in [-0.05, 0) is 35.9 Å². The van der Waals surface area contributed by atoms with E-state index in [1.54, 1.807) is 36.4 Å². The maximum Gasteiger partial charge on any atom is 0.187 e. The van der Waals surface area contributed by atoms with Crippen LogP contribution in [-0.2, 0) is 5.75 Å². The first kappa shape index (κ1) is 25.9. The lowest BCUT2D eigenvalue weighted by atomic mass is 9.97. The Balaban J connectivity index is 1.56. The van der Waals surface area contributed by atoms with Crippen molar-refractivity contribution in [2.75, 3.05) is 24.3 Å². The van der Waals surface area contributed by atoms with E-state index < -0.39 is 0 Å². The van der Waals surface area contributed by atoms with Crippen LogP contribution in [0.15, 0.2) is 58.9 Å². The van der Waals surface area contributed by atoms with Gasteiger partial charge in [0.25, 0.3) is 0 Å². The molecule has 0 aliphatic rings. The molecule has 2 aromatic heterocycles. The monoisotopic (exact) mass is 532 g/mol. The number of thioether (sulfide) groups is 1. The van der Waals surface area contributed by atoms with Gasteiger partial charge in [0.2, 0.25) is 0 Å². The number of nitrogens with two attached hydrogens (primary N) is 1. The predicted octanol–water partition coefficient (Wildman–Crippen LogP) is 5.47. The summed E-state index contributed by atoms with van der Waals surface area (Å²) in [5, 5.41) is 34.6. The molecule has 0 saturated carbocycles. The van der Waals surface area contributed by atoms with E-state index in [9.17, 15) is 14.9 Å². The normalized spacial score (nSPS) is 10.5. The lowest BCUT2D eigenvalue weighted by Gasteiger charge is -2.13.